The molecule has 1 N–H and O–H groups in total. The third kappa shape index (κ3) is 3.04. The Kier molecular flexibility index (Phi) is 3.57. The molecule has 18 heavy (non-hydrogen) atoms. The summed E-state index contributed by atoms with van der Waals surface area (Å²) in [5, 5.41) is 12.4. The van der Waals surface area contributed by atoms with Crippen molar-refractivity contribution in [3.63, 3.8) is 0 Å². The second-order valence-electron chi connectivity index (χ2n) is 3.59. The number of nitrogens with zero attached hydrogens (tertiary/aromatic N) is 2. The van der Waals surface area contributed by atoms with E-state index in [2.05, 4.69) is 10.1 Å². The van der Waals surface area contributed by atoms with E-state index in [-0.39, 0.29) is 23.8 Å². The van der Waals surface area contributed by atoms with Gasteiger partial charge in [-0.15, -0.1) is 0 Å². The monoisotopic (exact) mass is 270 g/mol. The van der Waals surface area contributed by atoms with Gasteiger partial charge < -0.3 is 9.63 Å². The molecule has 94 valence electrons. The van der Waals surface area contributed by atoms with Crippen molar-refractivity contribution in [3.8, 4) is 0 Å². The highest BCUT2D eigenvalue weighted by Crippen LogP contribution is 2.19. The van der Waals surface area contributed by atoms with Crippen molar-refractivity contribution in [1.82, 2.24) is 10.1 Å². The van der Waals surface area contributed by atoms with Crippen LogP contribution in [-0.2, 0) is 17.6 Å². The number of benzene rings is 1. The minimum Gasteiger partial charge on any atom is -0.481 e. The normalized spacial score (nSPS) is 10.6. The van der Waals surface area contributed by atoms with Crippen LogP contribution >= 0.6 is 11.6 Å². The van der Waals surface area contributed by atoms with Crippen molar-refractivity contribution >= 4 is 17.6 Å². The number of aliphatic carboxylic acids is 1. The van der Waals surface area contributed by atoms with Gasteiger partial charge in [-0.2, -0.15) is 4.98 Å². The van der Waals surface area contributed by atoms with E-state index in [1.807, 2.05) is 0 Å². The zero-order valence-corrected chi connectivity index (χ0v) is 9.82. The number of halogens is 2. The second-order valence-corrected chi connectivity index (χ2v) is 3.99. The van der Waals surface area contributed by atoms with E-state index in [1.54, 1.807) is 0 Å². The molecule has 0 atom stereocenters. The molecule has 2 aromatic rings. The quantitative estimate of drug-likeness (QED) is 0.920. The van der Waals surface area contributed by atoms with E-state index < -0.39 is 11.8 Å². The summed E-state index contributed by atoms with van der Waals surface area (Å²) in [5.41, 5.74) is 0.640. The first kappa shape index (κ1) is 12.5. The molecule has 0 saturated heterocycles. The zero-order valence-electron chi connectivity index (χ0n) is 9.06. The van der Waals surface area contributed by atoms with Gasteiger partial charge in [-0.3, -0.25) is 4.79 Å². The first-order chi connectivity index (χ1) is 8.54. The number of aromatic nitrogens is 2. The summed E-state index contributed by atoms with van der Waals surface area (Å²) in [7, 11) is 0. The third-order valence-corrected chi connectivity index (χ3v) is 2.53. The molecular formula is C11H8ClFN2O3. The van der Waals surface area contributed by atoms with Crippen LogP contribution in [0.2, 0.25) is 5.02 Å². The maximum Gasteiger partial charge on any atom is 0.312 e. The predicted molar refractivity (Wildman–Crippen MR) is 59.9 cm³/mol. The molecule has 5 nitrogen and oxygen atoms in total. The average molecular weight is 271 g/mol. The van der Waals surface area contributed by atoms with Crippen molar-refractivity contribution < 1.29 is 18.8 Å². The Hall–Kier alpha value is -1.95. The highest BCUT2D eigenvalue weighted by molar-refractivity contribution is 6.31. The van der Waals surface area contributed by atoms with E-state index in [0.29, 0.717) is 11.4 Å². The van der Waals surface area contributed by atoms with Crippen molar-refractivity contribution in [2.75, 3.05) is 0 Å². The Morgan fingerprint density at radius 1 is 1.50 bits per heavy atom. The number of carbonyl (C=O) groups is 1. The minimum atomic E-state index is -1.05. The molecule has 0 fully saturated rings. The number of carboxylic acid groups (broad SMARTS) is 1. The van der Waals surface area contributed by atoms with Gasteiger partial charge in [0.2, 0.25) is 5.89 Å². The number of carboxylic acids is 1. The van der Waals surface area contributed by atoms with Gasteiger partial charge in [-0.1, -0.05) is 22.8 Å². The predicted octanol–water partition coefficient (Wildman–Crippen LogP) is 2.08. The number of rotatable bonds is 4. The van der Waals surface area contributed by atoms with Gasteiger partial charge in [0.15, 0.2) is 5.82 Å². The summed E-state index contributed by atoms with van der Waals surface area (Å²) in [6, 6.07) is 3.99. The van der Waals surface area contributed by atoms with E-state index in [4.69, 9.17) is 21.2 Å². The lowest BCUT2D eigenvalue weighted by atomic mass is 10.1. The molecule has 1 aromatic heterocycles. The molecule has 0 aliphatic rings. The fraction of sp³-hybridized carbons (Fsp3) is 0.182. The summed E-state index contributed by atoms with van der Waals surface area (Å²) in [4.78, 5) is 14.3. The molecule has 7 heteroatoms. The Labute approximate surface area is 106 Å². The summed E-state index contributed by atoms with van der Waals surface area (Å²) >= 11 is 5.85. The third-order valence-electron chi connectivity index (χ3n) is 2.18. The average Bonchev–Trinajstić information content (AvgIpc) is 2.69. The summed E-state index contributed by atoms with van der Waals surface area (Å²) in [6.45, 7) is 0. The first-order valence-electron chi connectivity index (χ1n) is 5.02. The molecule has 0 amide bonds. The Bertz CT molecular complexity index is 585. The molecule has 2 rings (SSSR count). The van der Waals surface area contributed by atoms with E-state index in [9.17, 15) is 9.18 Å². The van der Waals surface area contributed by atoms with Gasteiger partial charge in [-0.05, 0) is 17.7 Å². The van der Waals surface area contributed by atoms with Crippen LogP contribution in [0.25, 0.3) is 0 Å². The van der Waals surface area contributed by atoms with E-state index in [0.717, 1.165) is 0 Å². The lowest BCUT2D eigenvalue weighted by molar-refractivity contribution is -0.136. The summed E-state index contributed by atoms with van der Waals surface area (Å²) < 4.78 is 17.6. The molecule has 0 radical (unpaired) electrons. The Morgan fingerprint density at radius 2 is 2.28 bits per heavy atom. The molecule has 1 heterocycles. The minimum absolute atomic E-state index is 0.0238. The largest absolute Gasteiger partial charge is 0.481 e. The fourth-order valence-electron chi connectivity index (χ4n) is 1.40. The molecule has 0 aliphatic heterocycles. The molecule has 0 unspecified atom stereocenters. The van der Waals surface area contributed by atoms with Crippen LogP contribution in [0.15, 0.2) is 22.7 Å². The van der Waals surface area contributed by atoms with Crippen LogP contribution in [0.3, 0.4) is 0 Å². The van der Waals surface area contributed by atoms with Crippen molar-refractivity contribution in [2.45, 2.75) is 12.8 Å². The van der Waals surface area contributed by atoms with E-state index in [1.165, 1.54) is 18.2 Å². The molecule has 0 aliphatic carbocycles. The zero-order chi connectivity index (χ0) is 13.1. The standard InChI is InChI=1S/C11H8ClFN2O3/c12-8-4-7(13)2-1-6(8)3-9-14-10(18-15-9)5-11(16)17/h1-2,4H,3,5H2,(H,16,17). The van der Waals surface area contributed by atoms with Gasteiger partial charge in [0.1, 0.15) is 12.2 Å². The molecular weight excluding hydrogens is 263 g/mol. The highest BCUT2D eigenvalue weighted by Gasteiger charge is 2.12. The van der Waals surface area contributed by atoms with Crippen molar-refractivity contribution in [3.05, 3.63) is 46.3 Å². The maximum atomic E-state index is 12.8. The maximum absolute atomic E-state index is 12.8. The molecule has 1 aromatic carbocycles. The van der Waals surface area contributed by atoms with Crippen LogP contribution < -0.4 is 0 Å². The topological polar surface area (TPSA) is 76.2 Å². The number of hydrogen-bond donors (Lipinski definition) is 1. The molecule has 0 spiro atoms. The summed E-state index contributed by atoms with van der Waals surface area (Å²) in [6.07, 6.45) is -0.0770. The van der Waals surface area contributed by atoms with E-state index >= 15 is 0 Å². The lowest BCUT2D eigenvalue weighted by Gasteiger charge is -2.00. The Balaban J connectivity index is 2.13. The van der Waals surface area contributed by atoms with Crippen LogP contribution in [0.1, 0.15) is 17.3 Å². The second kappa shape index (κ2) is 5.14. The van der Waals surface area contributed by atoms with Gasteiger partial charge in [0.05, 0.1) is 0 Å². The fourth-order valence-corrected chi connectivity index (χ4v) is 1.63. The smallest absolute Gasteiger partial charge is 0.312 e. The highest BCUT2D eigenvalue weighted by atomic mass is 35.5. The first-order valence-corrected chi connectivity index (χ1v) is 5.39. The summed E-state index contributed by atoms with van der Waals surface area (Å²) in [5.74, 6) is -1.15. The van der Waals surface area contributed by atoms with Gasteiger partial charge in [0, 0.05) is 11.4 Å². The molecule has 0 bridgehead atoms. The van der Waals surface area contributed by atoms with Crippen molar-refractivity contribution in [2.24, 2.45) is 0 Å². The van der Waals surface area contributed by atoms with Gasteiger partial charge in [0.25, 0.3) is 0 Å². The van der Waals surface area contributed by atoms with Crippen LogP contribution in [0, 0.1) is 5.82 Å². The van der Waals surface area contributed by atoms with Gasteiger partial charge in [-0.25, -0.2) is 4.39 Å². The number of hydrogen-bond acceptors (Lipinski definition) is 4. The Morgan fingerprint density at radius 3 is 2.94 bits per heavy atom. The molecule has 0 saturated carbocycles. The van der Waals surface area contributed by atoms with Crippen LogP contribution in [0.4, 0.5) is 4.39 Å². The van der Waals surface area contributed by atoms with Crippen LogP contribution in [0.5, 0.6) is 0 Å². The van der Waals surface area contributed by atoms with Gasteiger partial charge >= 0.3 is 5.97 Å². The van der Waals surface area contributed by atoms with Crippen LogP contribution in [-0.4, -0.2) is 21.2 Å². The van der Waals surface area contributed by atoms with Crippen molar-refractivity contribution in [1.29, 1.82) is 0 Å². The SMILES string of the molecule is O=C(O)Cc1nc(Cc2ccc(F)cc2Cl)no1. The lowest BCUT2D eigenvalue weighted by Crippen LogP contribution is -2.00.